The van der Waals surface area contributed by atoms with Crippen molar-refractivity contribution in [1.29, 1.82) is 0 Å². The average molecular weight is 309 g/mol. The van der Waals surface area contributed by atoms with Crippen LogP contribution in [0.1, 0.15) is 48.2 Å². The van der Waals surface area contributed by atoms with Crippen LogP contribution in [0.3, 0.4) is 0 Å². The third kappa shape index (κ3) is 3.40. The zero-order chi connectivity index (χ0) is 14.5. The number of hydrogen-bond donors (Lipinski definition) is 1. The van der Waals surface area contributed by atoms with E-state index in [1.807, 2.05) is 12.4 Å². The smallest absolute Gasteiger partial charge is 0.0590 e. The van der Waals surface area contributed by atoms with Gasteiger partial charge in [0.15, 0.2) is 0 Å². The van der Waals surface area contributed by atoms with E-state index in [1.54, 1.807) is 11.3 Å². The van der Waals surface area contributed by atoms with Crippen molar-refractivity contribution < 1.29 is 0 Å². The van der Waals surface area contributed by atoms with Gasteiger partial charge in [-0.25, -0.2) is 0 Å². The Labute approximate surface area is 130 Å². The van der Waals surface area contributed by atoms with Crippen LogP contribution in [0, 0.1) is 6.92 Å². The molecule has 0 aliphatic heterocycles. The minimum atomic E-state index is 0.253. The molecule has 20 heavy (non-hydrogen) atoms. The van der Waals surface area contributed by atoms with Crippen LogP contribution < -0.4 is 5.32 Å². The van der Waals surface area contributed by atoms with Gasteiger partial charge in [0.25, 0.3) is 0 Å². The van der Waals surface area contributed by atoms with Crippen LogP contribution in [0.4, 0.5) is 0 Å². The summed E-state index contributed by atoms with van der Waals surface area (Å²) in [6, 6.07) is 4.42. The molecule has 2 aromatic rings. The molecule has 0 radical (unpaired) electrons. The molecule has 2 rings (SSSR count). The third-order valence-corrected chi connectivity index (χ3v) is 5.35. The first-order valence-corrected chi connectivity index (χ1v) is 8.27. The Kier molecular flexibility index (Phi) is 5.58. The van der Waals surface area contributed by atoms with Crippen molar-refractivity contribution in [3.05, 3.63) is 50.9 Å². The maximum absolute atomic E-state index is 6.47. The Morgan fingerprint density at radius 3 is 2.60 bits per heavy atom. The van der Waals surface area contributed by atoms with Gasteiger partial charge in [-0.3, -0.25) is 4.98 Å². The van der Waals surface area contributed by atoms with E-state index in [9.17, 15) is 0 Å². The van der Waals surface area contributed by atoms with Crippen molar-refractivity contribution in [1.82, 2.24) is 10.3 Å². The number of aromatic nitrogens is 1. The summed E-state index contributed by atoms with van der Waals surface area (Å²) in [5.74, 6) is 0.361. The van der Waals surface area contributed by atoms with E-state index in [0.717, 1.165) is 23.6 Å². The lowest BCUT2D eigenvalue weighted by atomic mass is 9.92. The van der Waals surface area contributed by atoms with E-state index < -0.39 is 0 Å². The highest BCUT2D eigenvalue weighted by atomic mass is 35.5. The molecule has 2 aromatic heterocycles. The van der Waals surface area contributed by atoms with Crippen LogP contribution >= 0.6 is 22.9 Å². The average Bonchev–Trinajstić information content (AvgIpc) is 2.81. The molecule has 2 atom stereocenters. The Morgan fingerprint density at radius 2 is 2.05 bits per heavy atom. The number of hydrogen-bond acceptors (Lipinski definition) is 3. The van der Waals surface area contributed by atoms with E-state index in [1.165, 1.54) is 10.4 Å². The largest absolute Gasteiger partial charge is 0.309 e. The summed E-state index contributed by atoms with van der Waals surface area (Å²) in [6.07, 6.45) is 4.82. The third-order valence-electron chi connectivity index (χ3n) is 3.55. The number of rotatable bonds is 6. The lowest BCUT2D eigenvalue weighted by molar-refractivity contribution is 0.472. The molecule has 2 heterocycles. The highest BCUT2D eigenvalue weighted by molar-refractivity contribution is 7.10. The Balaban J connectivity index is 2.30. The Bertz CT molecular complexity index is 539. The number of nitrogens with zero attached hydrogens (tertiary/aromatic N) is 1. The zero-order valence-electron chi connectivity index (χ0n) is 12.2. The van der Waals surface area contributed by atoms with Gasteiger partial charge in [0.1, 0.15) is 0 Å². The molecule has 0 aliphatic carbocycles. The molecule has 108 valence electrons. The first-order chi connectivity index (χ1) is 9.65. The lowest BCUT2D eigenvalue weighted by Gasteiger charge is -2.25. The first kappa shape index (κ1) is 15.5. The van der Waals surface area contributed by atoms with Gasteiger partial charge in [0, 0.05) is 29.2 Å². The monoisotopic (exact) mass is 308 g/mol. The van der Waals surface area contributed by atoms with Crippen molar-refractivity contribution in [3.8, 4) is 0 Å². The molecule has 4 heteroatoms. The molecular weight excluding hydrogens is 288 g/mol. The van der Waals surface area contributed by atoms with Crippen molar-refractivity contribution in [2.24, 2.45) is 0 Å². The van der Waals surface area contributed by atoms with Gasteiger partial charge >= 0.3 is 0 Å². The summed E-state index contributed by atoms with van der Waals surface area (Å²) in [5, 5.41) is 6.69. The number of pyridine rings is 1. The number of nitrogens with one attached hydrogen (secondary N) is 1. The number of halogens is 1. The molecule has 2 unspecified atom stereocenters. The van der Waals surface area contributed by atoms with Crippen molar-refractivity contribution in [2.75, 3.05) is 6.54 Å². The Hall–Kier alpha value is -0.900. The quantitative estimate of drug-likeness (QED) is 0.816. The van der Waals surface area contributed by atoms with Gasteiger partial charge in [-0.05, 0) is 48.5 Å². The predicted octanol–water partition coefficient (Wildman–Crippen LogP) is 4.95. The molecule has 1 N–H and O–H groups in total. The van der Waals surface area contributed by atoms with Crippen LogP contribution in [0.5, 0.6) is 0 Å². The van der Waals surface area contributed by atoms with Gasteiger partial charge in [0.05, 0.1) is 5.02 Å². The molecule has 0 aromatic carbocycles. The lowest BCUT2D eigenvalue weighted by Crippen LogP contribution is -2.26. The second-order valence-corrected chi connectivity index (χ2v) is 6.39. The van der Waals surface area contributed by atoms with Gasteiger partial charge in [-0.2, -0.15) is 0 Å². The predicted molar refractivity (Wildman–Crippen MR) is 87.8 cm³/mol. The summed E-state index contributed by atoms with van der Waals surface area (Å²) in [4.78, 5) is 5.34. The van der Waals surface area contributed by atoms with Gasteiger partial charge < -0.3 is 5.32 Å². The molecular formula is C16H21ClN2S. The Morgan fingerprint density at radius 1 is 1.35 bits per heavy atom. The van der Waals surface area contributed by atoms with Crippen molar-refractivity contribution in [2.45, 2.75) is 39.2 Å². The fourth-order valence-electron chi connectivity index (χ4n) is 2.32. The van der Waals surface area contributed by atoms with E-state index in [-0.39, 0.29) is 6.04 Å². The maximum atomic E-state index is 6.47. The van der Waals surface area contributed by atoms with Gasteiger partial charge in [0.2, 0.25) is 0 Å². The summed E-state index contributed by atoms with van der Waals surface area (Å²) >= 11 is 8.22. The zero-order valence-corrected chi connectivity index (χ0v) is 13.8. The van der Waals surface area contributed by atoms with E-state index in [2.05, 4.69) is 48.6 Å². The highest BCUT2D eigenvalue weighted by Gasteiger charge is 2.24. The van der Waals surface area contributed by atoms with Crippen LogP contribution in [-0.2, 0) is 0 Å². The topological polar surface area (TPSA) is 24.9 Å². The second-order valence-electron chi connectivity index (χ2n) is 5.10. The van der Waals surface area contributed by atoms with Crippen LogP contribution in [0.15, 0.2) is 29.9 Å². The highest BCUT2D eigenvalue weighted by Crippen LogP contribution is 2.39. The first-order valence-electron chi connectivity index (χ1n) is 7.02. The molecule has 0 saturated heterocycles. The normalized spacial score (nSPS) is 14.2. The molecule has 0 aliphatic rings. The minimum Gasteiger partial charge on any atom is -0.309 e. The standard InChI is InChI=1S/C16H21ClN2S/c1-4-7-19-15(16-14(17)11(2)10-20-16)12(3)13-5-8-18-9-6-13/h5-6,8-10,12,15,19H,4,7H2,1-3H3. The molecule has 0 spiro atoms. The molecule has 2 nitrogen and oxygen atoms in total. The van der Waals surface area contributed by atoms with E-state index in [4.69, 9.17) is 11.6 Å². The summed E-state index contributed by atoms with van der Waals surface area (Å²) < 4.78 is 0. The van der Waals surface area contributed by atoms with E-state index in [0.29, 0.717) is 5.92 Å². The minimum absolute atomic E-state index is 0.253. The molecule has 0 amide bonds. The SMILES string of the molecule is CCCNC(c1scc(C)c1Cl)C(C)c1ccncc1. The number of thiophene rings is 1. The molecule has 0 fully saturated rings. The molecule has 0 bridgehead atoms. The van der Waals surface area contributed by atoms with Gasteiger partial charge in [-0.1, -0.05) is 25.4 Å². The van der Waals surface area contributed by atoms with Crippen LogP contribution in [-0.4, -0.2) is 11.5 Å². The summed E-state index contributed by atoms with van der Waals surface area (Å²) in [6.45, 7) is 7.49. The fraction of sp³-hybridized carbons (Fsp3) is 0.438. The molecule has 0 saturated carbocycles. The fourth-order valence-corrected chi connectivity index (χ4v) is 3.81. The maximum Gasteiger partial charge on any atom is 0.0590 e. The van der Waals surface area contributed by atoms with Crippen molar-refractivity contribution >= 4 is 22.9 Å². The van der Waals surface area contributed by atoms with E-state index >= 15 is 0 Å². The summed E-state index contributed by atoms with van der Waals surface area (Å²) in [7, 11) is 0. The van der Waals surface area contributed by atoms with Crippen molar-refractivity contribution in [3.63, 3.8) is 0 Å². The number of aryl methyl sites for hydroxylation is 1. The summed E-state index contributed by atoms with van der Waals surface area (Å²) in [5.41, 5.74) is 2.45. The van der Waals surface area contributed by atoms with Gasteiger partial charge in [-0.15, -0.1) is 11.3 Å². The second kappa shape index (κ2) is 7.21. The van der Waals surface area contributed by atoms with Crippen LogP contribution in [0.25, 0.3) is 0 Å². The van der Waals surface area contributed by atoms with Crippen LogP contribution in [0.2, 0.25) is 5.02 Å².